The molecule has 0 saturated heterocycles. The van der Waals surface area contributed by atoms with Gasteiger partial charge in [-0.2, -0.15) is 0 Å². The van der Waals surface area contributed by atoms with Crippen molar-refractivity contribution in [3.8, 4) is 0 Å². The summed E-state index contributed by atoms with van der Waals surface area (Å²) in [5.41, 5.74) is 1.45. The van der Waals surface area contributed by atoms with Crippen LogP contribution in [0.25, 0.3) is 16.7 Å². The smallest absolute Gasteiger partial charge is 0.262 e. The number of fused-ring (bicyclic) bond motifs is 3. The average molecular weight is 493 g/mol. The number of carbonyl (C=O) groups is 2. The number of amides is 2. The van der Waals surface area contributed by atoms with Crippen molar-refractivity contribution in [2.75, 3.05) is 5.75 Å². The van der Waals surface area contributed by atoms with Gasteiger partial charge in [0.2, 0.25) is 17.6 Å². The highest BCUT2D eigenvalue weighted by Crippen LogP contribution is 2.21. The van der Waals surface area contributed by atoms with Gasteiger partial charge in [0.25, 0.3) is 5.56 Å². The molecule has 2 amide bonds. The number of thioether (sulfide) groups is 1. The van der Waals surface area contributed by atoms with Crippen molar-refractivity contribution < 1.29 is 9.59 Å². The molecule has 2 N–H and O–H groups in total. The van der Waals surface area contributed by atoms with Crippen LogP contribution in [0.1, 0.15) is 32.3 Å². The molecule has 9 nitrogen and oxygen atoms in total. The molecule has 2 aromatic carbocycles. The highest BCUT2D eigenvalue weighted by Gasteiger charge is 2.18. The number of hydrogen-bond acceptors (Lipinski definition) is 6. The SMILES string of the molecule is CC[C@@H](C)NC(=O)CCn1c(=O)c2ccccc2n2c(SCC(=O)NCc3ccccc3)nnc12. The summed E-state index contributed by atoms with van der Waals surface area (Å²) in [6.07, 6.45) is 0.977. The van der Waals surface area contributed by atoms with Crippen molar-refractivity contribution in [1.82, 2.24) is 29.8 Å². The molecular formula is C25H28N6O3S. The summed E-state index contributed by atoms with van der Waals surface area (Å²) < 4.78 is 3.25. The van der Waals surface area contributed by atoms with Gasteiger partial charge in [0.1, 0.15) is 0 Å². The Labute approximate surface area is 206 Å². The van der Waals surface area contributed by atoms with Crippen molar-refractivity contribution in [1.29, 1.82) is 0 Å². The van der Waals surface area contributed by atoms with Crippen LogP contribution in [0.2, 0.25) is 0 Å². The lowest BCUT2D eigenvalue weighted by Gasteiger charge is -2.13. The minimum atomic E-state index is -0.228. The first-order chi connectivity index (χ1) is 17.0. The van der Waals surface area contributed by atoms with E-state index < -0.39 is 0 Å². The van der Waals surface area contributed by atoms with Gasteiger partial charge in [-0.3, -0.25) is 23.4 Å². The fraction of sp³-hybridized carbons (Fsp3) is 0.320. The van der Waals surface area contributed by atoms with E-state index in [1.54, 1.807) is 16.5 Å². The van der Waals surface area contributed by atoms with Gasteiger partial charge in [0.05, 0.1) is 16.7 Å². The van der Waals surface area contributed by atoms with E-state index >= 15 is 0 Å². The standard InChI is InChI=1S/C25H28N6O3S/c1-3-17(2)27-21(32)13-14-30-23(34)19-11-7-8-12-20(19)31-24(30)28-29-25(31)35-16-22(33)26-15-18-9-5-4-6-10-18/h4-12,17H,3,13-16H2,1-2H3,(H,26,33)(H,27,32)/t17-/m1/s1. The van der Waals surface area contributed by atoms with Crippen LogP contribution < -0.4 is 16.2 Å². The molecule has 0 aliphatic rings. The quantitative estimate of drug-likeness (QED) is 0.330. The van der Waals surface area contributed by atoms with Gasteiger partial charge >= 0.3 is 0 Å². The lowest BCUT2D eigenvalue weighted by atomic mass is 10.2. The Kier molecular flexibility index (Phi) is 7.81. The molecule has 0 aliphatic heterocycles. The van der Waals surface area contributed by atoms with Gasteiger partial charge in [0, 0.05) is 25.6 Å². The molecule has 0 unspecified atom stereocenters. The normalized spacial score (nSPS) is 12.1. The lowest BCUT2D eigenvalue weighted by Crippen LogP contribution is -2.33. The summed E-state index contributed by atoms with van der Waals surface area (Å²) in [5, 5.41) is 15.3. The van der Waals surface area contributed by atoms with Crippen LogP contribution in [-0.4, -0.2) is 42.8 Å². The second kappa shape index (κ2) is 11.2. The Bertz CT molecular complexity index is 1400. The van der Waals surface area contributed by atoms with Crippen LogP contribution in [-0.2, 0) is 22.7 Å². The highest BCUT2D eigenvalue weighted by molar-refractivity contribution is 7.99. The summed E-state index contributed by atoms with van der Waals surface area (Å²) in [4.78, 5) is 38.0. The Balaban J connectivity index is 1.56. The molecule has 2 heterocycles. The van der Waals surface area contributed by atoms with Crippen LogP contribution >= 0.6 is 11.8 Å². The first-order valence-corrected chi connectivity index (χ1v) is 12.6. The van der Waals surface area contributed by atoms with E-state index in [9.17, 15) is 14.4 Å². The topological polar surface area (TPSA) is 110 Å². The molecular weight excluding hydrogens is 464 g/mol. The Morgan fingerprint density at radius 2 is 1.77 bits per heavy atom. The molecule has 0 bridgehead atoms. The van der Waals surface area contributed by atoms with Crippen molar-refractivity contribution in [2.24, 2.45) is 0 Å². The molecule has 0 aliphatic carbocycles. The van der Waals surface area contributed by atoms with Crippen molar-refractivity contribution in [2.45, 2.75) is 51.0 Å². The molecule has 0 radical (unpaired) electrons. The third-order valence-corrected chi connectivity index (χ3v) is 6.65. The Morgan fingerprint density at radius 3 is 2.54 bits per heavy atom. The second-order valence-corrected chi connectivity index (χ2v) is 9.21. The molecule has 2 aromatic heterocycles. The van der Waals surface area contributed by atoms with Crippen LogP contribution in [0.4, 0.5) is 0 Å². The largest absolute Gasteiger partial charge is 0.354 e. The highest BCUT2D eigenvalue weighted by atomic mass is 32.2. The van der Waals surface area contributed by atoms with E-state index in [-0.39, 0.29) is 42.1 Å². The number of rotatable bonds is 10. The number of nitrogens with one attached hydrogen (secondary N) is 2. The number of aryl methyl sites for hydroxylation is 1. The first kappa shape index (κ1) is 24.5. The number of hydrogen-bond donors (Lipinski definition) is 2. The fourth-order valence-electron chi connectivity index (χ4n) is 3.67. The summed E-state index contributed by atoms with van der Waals surface area (Å²) in [7, 11) is 0. The fourth-order valence-corrected chi connectivity index (χ4v) is 4.44. The average Bonchev–Trinajstić information content (AvgIpc) is 3.30. The minimum absolute atomic E-state index is 0.0694. The molecule has 10 heteroatoms. The zero-order valence-electron chi connectivity index (χ0n) is 19.7. The van der Waals surface area contributed by atoms with Gasteiger partial charge < -0.3 is 10.6 Å². The third kappa shape index (κ3) is 5.71. The number of benzene rings is 2. The number of carbonyl (C=O) groups excluding carboxylic acids is 2. The summed E-state index contributed by atoms with van der Waals surface area (Å²) in [6, 6.07) is 17.0. The summed E-state index contributed by atoms with van der Waals surface area (Å²) in [5.74, 6) is 0.243. The minimum Gasteiger partial charge on any atom is -0.354 e. The molecule has 35 heavy (non-hydrogen) atoms. The molecule has 4 rings (SSSR count). The van der Waals surface area contributed by atoms with Gasteiger partial charge in [-0.1, -0.05) is 61.2 Å². The maximum Gasteiger partial charge on any atom is 0.262 e. The molecule has 0 saturated carbocycles. The van der Waals surface area contributed by atoms with E-state index in [1.807, 2.05) is 56.3 Å². The van der Waals surface area contributed by atoms with Crippen LogP contribution in [0.15, 0.2) is 64.5 Å². The van der Waals surface area contributed by atoms with Crippen molar-refractivity contribution in [3.63, 3.8) is 0 Å². The lowest BCUT2D eigenvalue weighted by molar-refractivity contribution is -0.122. The van der Waals surface area contributed by atoms with Gasteiger partial charge in [-0.15, -0.1) is 10.2 Å². The van der Waals surface area contributed by atoms with Gasteiger partial charge in [-0.25, -0.2) is 0 Å². The van der Waals surface area contributed by atoms with E-state index in [1.165, 1.54) is 16.3 Å². The molecule has 0 spiro atoms. The molecule has 4 aromatic rings. The maximum atomic E-state index is 13.2. The van der Waals surface area contributed by atoms with Crippen LogP contribution in [0, 0.1) is 0 Å². The third-order valence-electron chi connectivity index (χ3n) is 5.73. The van der Waals surface area contributed by atoms with Gasteiger partial charge in [0.15, 0.2) is 5.16 Å². The predicted molar refractivity (Wildman–Crippen MR) is 136 cm³/mol. The number of para-hydroxylation sites is 1. The first-order valence-electron chi connectivity index (χ1n) is 11.6. The van der Waals surface area contributed by atoms with E-state index in [0.29, 0.717) is 28.4 Å². The summed E-state index contributed by atoms with van der Waals surface area (Å²) >= 11 is 1.25. The van der Waals surface area contributed by atoms with Crippen LogP contribution in [0.5, 0.6) is 0 Å². The Hall–Kier alpha value is -3.66. The Morgan fingerprint density at radius 1 is 1.03 bits per heavy atom. The molecule has 182 valence electrons. The van der Waals surface area contributed by atoms with E-state index in [4.69, 9.17) is 0 Å². The molecule has 0 fully saturated rings. The second-order valence-electron chi connectivity index (χ2n) is 8.27. The zero-order valence-corrected chi connectivity index (χ0v) is 20.5. The van der Waals surface area contributed by atoms with E-state index in [2.05, 4.69) is 20.8 Å². The van der Waals surface area contributed by atoms with E-state index in [0.717, 1.165) is 12.0 Å². The monoisotopic (exact) mass is 492 g/mol. The van der Waals surface area contributed by atoms with Crippen molar-refractivity contribution >= 4 is 40.3 Å². The zero-order chi connectivity index (χ0) is 24.8. The maximum absolute atomic E-state index is 13.2. The number of nitrogens with zero attached hydrogens (tertiary/aromatic N) is 4. The number of aromatic nitrogens is 4. The predicted octanol–water partition coefficient (Wildman–Crippen LogP) is 2.76. The molecule has 1 atom stereocenters. The van der Waals surface area contributed by atoms with Gasteiger partial charge in [-0.05, 0) is 31.0 Å². The summed E-state index contributed by atoms with van der Waals surface area (Å²) in [6.45, 7) is 4.56. The van der Waals surface area contributed by atoms with Crippen molar-refractivity contribution in [3.05, 3.63) is 70.5 Å². The van der Waals surface area contributed by atoms with Crippen LogP contribution in [0.3, 0.4) is 0 Å².